The Morgan fingerprint density at radius 2 is 2.02 bits per heavy atom. The van der Waals surface area contributed by atoms with E-state index in [1.54, 1.807) is 20.2 Å². The number of aromatic nitrogens is 4. The number of nitrogens with zero attached hydrogens (tertiary/aromatic N) is 9. The highest BCUT2D eigenvalue weighted by Crippen LogP contribution is 2.49. The van der Waals surface area contributed by atoms with E-state index in [4.69, 9.17) is 14.7 Å². The van der Waals surface area contributed by atoms with E-state index in [1.807, 2.05) is 16.8 Å². The summed E-state index contributed by atoms with van der Waals surface area (Å²) in [6.07, 6.45) is 6.36. The quantitative estimate of drug-likeness (QED) is 0.406. The number of carbonyl (C=O) groups excluding carboxylic acids is 1. The number of fused-ring (bicyclic) bond motifs is 5. The Kier molecular flexibility index (Phi) is 7.49. The van der Waals surface area contributed by atoms with Crippen molar-refractivity contribution in [3.63, 3.8) is 0 Å². The van der Waals surface area contributed by atoms with Gasteiger partial charge in [0.15, 0.2) is 5.69 Å². The van der Waals surface area contributed by atoms with Crippen molar-refractivity contribution in [3.05, 3.63) is 63.4 Å². The number of ether oxygens (including phenoxy) is 1. The van der Waals surface area contributed by atoms with Gasteiger partial charge in [-0.15, -0.1) is 0 Å². The molecule has 1 spiro atoms. The van der Waals surface area contributed by atoms with Gasteiger partial charge in [-0.05, 0) is 69.7 Å². The molecule has 1 aromatic carbocycles. The molecule has 0 unspecified atom stereocenters. The number of likely N-dealkylation sites (N-methyl/N-ethyl adjacent to an activating group) is 1. The number of anilines is 1. The first-order chi connectivity index (χ1) is 23.1. The second kappa shape index (κ2) is 11.5. The molecule has 0 bridgehead atoms. The van der Waals surface area contributed by atoms with E-state index in [-0.39, 0.29) is 23.0 Å². The van der Waals surface area contributed by atoms with Crippen LogP contribution >= 0.6 is 0 Å². The van der Waals surface area contributed by atoms with Gasteiger partial charge in [0.05, 0.1) is 29.0 Å². The molecule has 0 N–H and O–H groups in total. The van der Waals surface area contributed by atoms with Crippen LogP contribution in [0, 0.1) is 23.1 Å². The lowest BCUT2D eigenvalue weighted by atomic mass is 9.80. The van der Waals surface area contributed by atoms with E-state index >= 15 is 4.39 Å². The van der Waals surface area contributed by atoms with Crippen molar-refractivity contribution in [2.75, 3.05) is 52.3 Å². The molecule has 252 valence electrons. The lowest BCUT2D eigenvalue weighted by molar-refractivity contribution is 0.0820. The molecule has 4 aliphatic heterocycles. The molecule has 2 fully saturated rings. The maximum absolute atomic E-state index is 15.6. The van der Waals surface area contributed by atoms with Gasteiger partial charge < -0.3 is 14.5 Å². The zero-order valence-corrected chi connectivity index (χ0v) is 28.4. The van der Waals surface area contributed by atoms with Gasteiger partial charge >= 0.3 is 6.01 Å². The molecule has 12 heteroatoms. The van der Waals surface area contributed by atoms with Crippen LogP contribution in [0.25, 0.3) is 0 Å². The fraction of sp³-hybridized carbons (Fsp3) is 0.583. The summed E-state index contributed by atoms with van der Waals surface area (Å²) in [4.78, 5) is 31.8. The zero-order chi connectivity index (χ0) is 33.4. The van der Waals surface area contributed by atoms with Gasteiger partial charge in [-0.3, -0.25) is 19.3 Å². The summed E-state index contributed by atoms with van der Waals surface area (Å²) in [7, 11) is 5.42. The number of benzene rings is 1. The first-order valence-electron chi connectivity index (χ1n) is 17.4. The third-order valence-corrected chi connectivity index (χ3v) is 11.7. The molecule has 1 aliphatic carbocycles. The standard InChI is InChI=1S/C36H44FN9O2/c1-23-16-35(11-6-14-45(35)19-23)22-48-34-39-28-17-36(12-10-24-8-5-9-27(37)30(24)36)43(4)20-26(28)32(40-34)44-13-7-15-46-29(21-44)25(18-38)31(41-46)33(47)42(2)3/h5,8-9,23H,6-7,10-17,19-22H2,1-4H3/t23-,35+,36+/m1/s1. The molecule has 1 amide bonds. The third kappa shape index (κ3) is 4.80. The van der Waals surface area contributed by atoms with Gasteiger partial charge in [-0.2, -0.15) is 20.3 Å². The van der Waals surface area contributed by atoms with Gasteiger partial charge in [0.2, 0.25) is 0 Å². The van der Waals surface area contributed by atoms with Gasteiger partial charge in [-0.25, -0.2) is 4.39 Å². The van der Waals surface area contributed by atoms with E-state index in [2.05, 4.69) is 39.8 Å². The van der Waals surface area contributed by atoms with Crippen molar-refractivity contribution in [1.82, 2.24) is 34.4 Å². The van der Waals surface area contributed by atoms with Crippen molar-refractivity contribution in [2.45, 2.75) is 82.6 Å². The molecule has 5 aliphatic rings. The second-order valence-electron chi connectivity index (χ2n) is 14.9. The van der Waals surface area contributed by atoms with Gasteiger partial charge in [0.1, 0.15) is 29.9 Å². The lowest BCUT2D eigenvalue weighted by Crippen LogP contribution is -2.48. The number of nitriles is 1. The Bertz CT molecular complexity index is 1830. The third-order valence-electron chi connectivity index (χ3n) is 11.7. The smallest absolute Gasteiger partial charge is 0.318 e. The SMILES string of the molecule is C[C@H]1CN2CCC[C@@]2(COc2nc3c(c(N4CCCn5nc(C(=O)N(C)C)c(C#N)c5C4)n2)CN(C)[C@@]2(CCc4cccc(F)c42)C3)C1. The molecule has 2 aromatic heterocycles. The number of rotatable bonds is 5. The predicted octanol–water partition coefficient (Wildman–Crippen LogP) is 3.88. The highest BCUT2D eigenvalue weighted by atomic mass is 19.1. The minimum Gasteiger partial charge on any atom is -0.461 e. The van der Waals surface area contributed by atoms with Crippen LogP contribution in [-0.4, -0.2) is 93.3 Å². The molecule has 8 rings (SSSR count). The molecule has 3 atom stereocenters. The second-order valence-corrected chi connectivity index (χ2v) is 14.9. The fourth-order valence-corrected chi connectivity index (χ4v) is 9.45. The molecule has 0 radical (unpaired) electrons. The van der Waals surface area contributed by atoms with Crippen molar-refractivity contribution in [2.24, 2.45) is 5.92 Å². The average molecular weight is 654 g/mol. The monoisotopic (exact) mass is 653 g/mol. The summed E-state index contributed by atoms with van der Waals surface area (Å²) < 4.78 is 24.0. The van der Waals surface area contributed by atoms with E-state index < -0.39 is 5.54 Å². The lowest BCUT2D eigenvalue weighted by Gasteiger charge is -2.44. The van der Waals surface area contributed by atoms with Gasteiger partial charge in [0.25, 0.3) is 5.91 Å². The Morgan fingerprint density at radius 3 is 2.83 bits per heavy atom. The minimum absolute atomic E-state index is 0.0139. The highest BCUT2D eigenvalue weighted by Gasteiger charge is 2.50. The molecule has 6 heterocycles. The van der Waals surface area contributed by atoms with Crippen LogP contribution in [0.3, 0.4) is 0 Å². The summed E-state index contributed by atoms with van der Waals surface area (Å²) in [5, 5.41) is 14.8. The Morgan fingerprint density at radius 1 is 1.17 bits per heavy atom. The van der Waals surface area contributed by atoms with E-state index in [0.717, 1.165) is 73.4 Å². The normalized spacial score (nSPS) is 26.5. The van der Waals surface area contributed by atoms with Crippen molar-refractivity contribution in [1.29, 1.82) is 5.26 Å². The van der Waals surface area contributed by atoms with Gasteiger partial charge in [0, 0.05) is 57.8 Å². The molecule has 11 nitrogen and oxygen atoms in total. The van der Waals surface area contributed by atoms with Crippen LogP contribution in [0.5, 0.6) is 6.01 Å². The highest BCUT2D eigenvalue weighted by molar-refractivity contribution is 5.94. The van der Waals surface area contributed by atoms with Gasteiger partial charge in [-0.1, -0.05) is 19.1 Å². The van der Waals surface area contributed by atoms with E-state index in [1.165, 1.54) is 11.3 Å². The number of hydrogen-bond donors (Lipinski definition) is 0. The molecule has 2 saturated heterocycles. The van der Waals surface area contributed by atoms with Crippen molar-refractivity contribution < 1.29 is 13.9 Å². The van der Waals surface area contributed by atoms with Crippen LogP contribution in [0.4, 0.5) is 10.2 Å². The van der Waals surface area contributed by atoms with Crippen LogP contribution in [0.15, 0.2) is 18.2 Å². The number of amides is 1. The zero-order valence-electron chi connectivity index (χ0n) is 28.4. The van der Waals surface area contributed by atoms with Crippen LogP contribution in [0.1, 0.15) is 83.2 Å². The molecular weight excluding hydrogens is 609 g/mol. The summed E-state index contributed by atoms with van der Waals surface area (Å²) in [5.74, 6) is 0.964. The molecule has 48 heavy (non-hydrogen) atoms. The predicted molar refractivity (Wildman–Crippen MR) is 177 cm³/mol. The van der Waals surface area contributed by atoms with Crippen molar-refractivity contribution >= 4 is 11.7 Å². The number of aryl methyl sites for hydroxylation is 2. The summed E-state index contributed by atoms with van der Waals surface area (Å²) >= 11 is 0. The first-order valence-corrected chi connectivity index (χ1v) is 17.4. The van der Waals surface area contributed by atoms with Crippen LogP contribution < -0.4 is 9.64 Å². The van der Waals surface area contributed by atoms with Crippen LogP contribution in [0.2, 0.25) is 0 Å². The fourth-order valence-electron chi connectivity index (χ4n) is 9.45. The summed E-state index contributed by atoms with van der Waals surface area (Å²) in [6, 6.07) is 8.07. The maximum atomic E-state index is 15.6. The Labute approximate surface area is 281 Å². The topological polar surface area (TPSA) is 107 Å². The summed E-state index contributed by atoms with van der Waals surface area (Å²) in [6.45, 7) is 7.27. The largest absolute Gasteiger partial charge is 0.461 e. The Balaban J connectivity index is 1.20. The van der Waals surface area contributed by atoms with Crippen LogP contribution in [-0.2, 0) is 38.0 Å². The molecular formula is C36H44FN9O2. The maximum Gasteiger partial charge on any atom is 0.318 e. The van der Waals surface area contributed by atoms with Crippen molar-refractivity contribution in [3.8, 4) is 12.1 Å². The van der Waals surface area contributed by atoms with E-state index in [0.29, 0.717) is 62.4 Å². The Hall–Kier alpha value is -4.08. The average Bonchev–Trinajstić information content (AvgIpc) is 3.77. The number of hydrogen-bond acceptors (Lipinski definition) is 9. The number of carbonyl (C=O) groups is 1. The first kappa shape index (κ1) is 31.2. The number of halogens is 1. The summed E-state index contributed by atoms with van der Waals surface area (Å²) in [5.41, 5.74) is 4.48. The molecule has 3 aromatic rings. The van der Waals surface area contributed by atoms with E-state index in [9.17, 15) is 10.1 Å². The molecule has 0 saturated carbocycles. The minimum atomic E-state index is -0.495.